The average Bonchev–Trinajstić information content (AvgIpc) is 3.29. The van der Waals surface area contributed by atoms with Crippen LogP contribution in [-0.4, -0.2) is 55.0 Å². The van der Waals surface area contributed by atoms with E-state index in [2.05, 4.69) is 50.1 Å². The van der Waals surface area contributed by atoms with Crippen molar-refractivity contribution < 1.29 is 4.79 Å². The second-order valence-corrected chi connectivity index (χ2v) is 9.26. The number of hydrogen-bond acceptors (Lipinski definition) is 5. The van der Waals surface area contributed by atoms with Crippen LogP contribution >= 0.6 is 0 Å². The topological polar surface area (TPSA) is 80.9 Å². The van der Waals surface area contributed by atoms with E-state index in [9.17, 15) is 4.79 Å². The van der Waals surface area contributed by atoms with E-state index >= 15 is 0 Å². The predicted molar refractivity (Wildman–Crippen MR) is 110 cm³/mol. The van der Waals surface area contributed by atoms with Crippen molar-refractivity contribution >= 4 is 5.91 Å². The van der Waals surface area contributed by atoms with Gasteiger partial charge in [-0.05, 0) is 50.1 Å². The quantitative estimate of drug-likeness (QED) is 0.804. The number of aromatic nitrogens is 5. The predicted octanol–water partition coefficient (Wildman–Crippen LogP) is 2.02. The van der Waals surface area contributed by atoms with E-state index in [-0.39, 0.29) is 11.3 Å². The number of rotatable bonds is 6. The third-order valence-corrected chi connectivity index (χ3v) is 6.49. The number of nitrogens with one attached hydrogen (secondary N) is 1. The van der Waals surface area contributed by atoms with Crippen LogP contribution in [0, 0.1) is 11.3 Å². The van der Waals surface area contributed by atoms with Crippen molar-refractivity contribution in [1.82, 2.24) is 34.8 Å². The first kappa shape index (κ1) is 20.1. The number of aryl methyl sites for hydroxylation is 2. The minimum atomic E-state index is -0.0875. The lowest BCUT2D eigenvalue weighted by molar-refractivity contribution is 0.0618. The molecule has 0 radical (unpaired) electrons. The molecule has 4 rings (SSSR count). The summed E-state index contributed by atoms with van der Waals surface area (Å²) < 4.78 is 3.95. The van der Waals surface area contributed by atoms with E-state index in [0.717, 1.165) is 64.1 Å². The molecule has 2 aromatic heterocycles. The standard InChI is InChI=1S/C21H33N7O/c1-16(2)5-9-22-20(29)19-25-24-18-4-6-21(15-28(18)19)7-10-27(11-8-21)14-17-12-23-26(3)13-17/h12-13,16H,4-11,14-15H2,1-3H3,(H,22,29). The molecule has 29 heavy (non-hydrogen) atoms. The molecule has 0 bridgehead atoms. The Kier molecular flexibility index (Phi) is 5.72. The van der Waals surface area contributed by atoms with Crippen LogP contribution in [0.15, 0.2) is 12.4 Å². The van der Waals surface area contributed by atoms with Crippen molar-refractivity contribution in [3.05, 3.63) is 29.6 Å². The molecule has 2 aliphatic heterocycles. The molecule has 2 aliphatic rings. The largest absolute Gasteiger partial charge is 0.349 e. The molecule has 4 heterocycles. The summed E-state index contributed by atoms with van der Waals surface area (Å²) in [6, 6.07) is 0. The molecule has 0 atom stereocenters. The molecule has 1 amide bonds. The normalized spacial score (nSPS) is 18.9. The number of nitrogens with zero attached hydrogens (tertiary/aromatic N) is 6. The number of hydrogen-bond donors (Lipinski definition) is 1. The van der Waals surface area contributed by atoms with Gasteiger partial charge >= 0.3 is 0 Å². The smallest absolute Gasteiger partial charge is 0.289 e. The Balaban J connectivity index is 1.37. The first-order valence-electron chi connectivity index (χ1n) is 10.8. The molecule has 0 saturated carbocycles. The minimum absolute atomic E-state index is 0.0875. The molecule has 0 aliphatic carbocycles. The Morgan fingerprint density at radius 3 is 2.72 bits per heavy atom. The molecule has 1 saturated heterocycles. The Labute approximate surface area is 172 Å². The zero-order valence-corrected chi connectivity index (χ0v) is 17.9. The number of amides is 1. The fraction of sp³-hybridized carbons (Fsp3) is 0.714. The van der Waals surface area contributed by atoms with Gasteiger partial charge in [0.25, 0.3) is 5.91 Å². The SMILES string of the molecule is CC(C)CCNC(=O)c1nnc2n1CC1(CC2)CCN(Cc2cnn(C)c2)CC1. The molecule has 0 aromatic carbocycles. The number of piperidine rings is 1. The van der Waals surface area contributed by atoms with Gasteiger partial charge < -0.3 is 9.88 Å². The monoisotopic (exact) mass is 399 g/mol. The molecule has 8 nitrogen and oxygen atoms in total. The number of likely N-dealkylation sites (tertiary alicyclic amines) is 1. The van der Waals surface area contributed by atoms with Gasteiger partial charge in [-0.25, -0.2) is 0 Å². The van der Waals surface area contributed by atoms with Crippen LogP contribution in [0.2, 0.25) is 0 Å². The number of carbonyl (C=O) groups excluding carboxylic acids is 1. The van der Waals surface area contributed by atoms with E-state index in [1.54, 1.807) is 0 Å². The highest BCUT2D eigenvalue weighted by atomic mass is 16.2. The lowest BCUT2D eigenvalue weighted by atomic mass is 9.73. The van der Waals surface area contributed by atoms with Crippen LogP contribution < -0.4 is 5.32 Å². The van der Waals surface area contributed by atoms with Gasteiger partial charge in [0.05, 0.1) is 6.20 Å². The highest BCUT2D eigenvalue weighted by molar-refractivity contribution is 5.90. The third kappa shape index (κ3) is 4.52. The zero-order valence-electron chi connectivity index (χ0n) is 17.9. The molecular weight excluding hydrogens is 366 g/mol. The van der Waals surface area contributed by atoms with E-state index in [4.69, 9.17) is 0 Å². The van der Waals surface area contributed by atoms with Gasteiger partial charge in [0.15, 0.2) is 0 Å². The van der Waals surface area contributed by atoms with Crippen molar-refractivity contribution in [3.8, 4) is 0 Å². The highest BCUT2D eigenvalue weighted by Gasteiger charge is 2.39. The molecule has 0 unspecified atom stereocenters. The average molecular weight is 400 g/mol. The van der Waals surface area contributed by atoms with Crippen LogP contribution in [0.1, 0.15) is 61.5 Å². The molecular formula is C21H33N7O. The van der Waals surface area contributed by atoms with Crippen LogP contribution in [0.4, 0.5) is 0 Å². The van der Waals surface area contributed by atoms with Crippen LogP contribution in [0.3, 0.4) is 0 Å². The van der Waals surface area contributed by atoms with E-state index in [0.29, 0.717) is 18.3 Å². The first-order valence-corrected chi connectivity index (χ1v) is 10.8. The second-order valence-electron chi connectivity index (χ2n) is 9.26. The fourth-order valence-electron chi connectivity index (χ4n) is 4.60. The van der Waals surface area contributed by atoms with Crippen molar-refractivity contribution in [3.63, 3.8) is 0 Å². The Morgan fingerprint density at radius 2 is 2.03 bits per heavy atom. The summed E-state index contributed by atoms with van der Waals surface area (Å²) in [4.78, 5) is 15.2. The summed E-state index contributed by atoms with van der Waals surface area (Å²) in [5.74, 6) is 1.93. The number of carbonyl (C=O) groups is 1. The maximum absolute atomic E-state index is 12.6. The molecule has 1 N–H and O–H groups in total. The molecule has 2 aromatic rings. The lowest BCUT2D eigenvalue weighted by Gasteiger charge is -2.44. The molecule has 158 valence electrons. The van der Waals surface area contributed by atoms with Gasteiger partial charge in [0.2, 0.25) is 5.82 Å². The minimum Gasteiger partial charge on any atom is -0.349 e. The van der Waals surface area contributed by atoms with Crippen LogP contribution in [-0.2, 0) is 26.6 Å². The zero-order chi connectivity index (χ0) is 20.4. The van der Waals surface area contributed by atoms with Crippen molar-refractivity contribution in [1.29, 1.82) is 0 Å². The Bertz CT molecular complexity index is 845. The Morgan fingerprint density at radius 1 is 1.24 bits per heavy atom. The van der Waals surface area contributed by atoms with E-state index in [1.807, 2.05) is 17.9 Å². The molecule has 1 fully saturated rings. The van der Waals surface area contributed by atoms with Gasteiger partial charge in [-0.15, -0.1) is 10.2 Å². The van der Waals surface area contributed by atoms with Crippen molar-refractivity contribution in [2.45, 2.75) is 59.0 Å². The summed E-state index contributed by atoms with van der Waals surface area (Å²) in [5, 5.41) is 15.8. The fourth-order valence-corrected chi connectivity index (χ4v) is 4.60. The highest BCUT2D eigenvalue weighted by Crippen LogP contribution is 2.41. The summed E-state index contributed by atoms with van der Waals surface area (Å²) in [5.41, 5.74) is 1.53. The van der Waals surface area contributed by atoms with Crippen LogP contribution in [0.25, 0.3) is 0 Å². The van der Waals surface area contributed by atoms with Crippen LogP contribution in [0.5, 0.6) is 0 Å². The molecule has 1 spiro atoms. The van der Waals surface area contributed by atoms with Gasteiger partial charge in [-0.3, -0.25) is 14.4 Å². The lowest BCUT2D eigenvalue weighted by Crippen LogP contribution is -2.44. The second kappa shape index (κ2) is 8.26. The summed E-state index contributed by atoms with van der Waals surface area (Å²) in [6.07, 6.45) is 9.38. The van der Waals surface area contributed by atoms with Gasteiger partial charge in [0, 0.05) is 44.9 Å². The first-order chi connectivity index (χ1) is 13.9. The summed E-state index contributed by atoms with van der Waals surface area (Å²) >= 11 is 0. The maximum Gasteiger partial charge on any atom is 0.289 e. The van der Waals surface area contributed by atoms with E-state index < -0.39 is 0 Å². The van der Waals surface area contributed by atoms with Crippen molar-refractivity contribution in [2.24, 2.45) is 18.4 Å². The van der Waals surface area contributed by atoms with Gasteiger partial charge in [-0.1, -0.05) is 13.8 Å². The molecule has 8 heteroatoms. The summed E-state index contributed by atoms with van der Waals surface area (Å²) in [7, 11) is 1.96. The van der Waals surface area contributed by atoms with E-state index in [1.165, 1.54) is 5.56 Å². The van der Waals surface area contributed by atoms with Crippen molar-refractivity contribution in [2.75, 3.05) is 19.6 Å². The maximum atomic E-state index is 12.6. The third-order valence-electron chi connectivity index (χ3n) is 6.49. The Hall–Kier alpha value is -2.22. The summed E-state index contributed by atoms with van der Waals surface area (Å²) in [6.45, 7) is 9.01. The van der Waals surface area contributed by atoms with Gasteiger partial charge in [-0.2, -0.15) is 5.10 Å². The number of fused-ring (bicyclic) bond motifs is 1. The van der Waals surface area contributed by atoms with Gasteiger partial charge in [0.1, 0.15) is 5.82 Å².